The molecule has 0 atom stereocenters. The molecule has 3 nitrogen and oxygen atoms in total. The van der Waals surface area contributed by atoms with Crippen LogP contribution in [0.15, 0.2) is 36.7 Å². The number of nitrogens with one attached hydrogen (secondary N) is 1. The van der Waals surface area contributed by atoms with Crippen molar-refractivity contribution < 1.29 is 0 Å². The van der Waals surface area contributed by atoms with Crippen molar-refractivity contribution in [2.45, 2.75) is 0 Å². The van der Waals surface area contributed by atoms with Crippen LogP contribution in [0.4, 0.5) is 0 Å². The van der Waals surface area contributed by atoms with Gasteiger partial charge in [0.05, 0.1) is 16.6 Å². The molecule has 2 aromatic heterocycles. The summed E-state index contributed by atoms with van der Waals surface area (Å²) in [5.41, 5.74) is 2.25. The second-order valence-corrected chi connectivity index (χ2v) is 3.88. The van der Waals surface area contributed by atoms with Gasteiger partial charge in [-0.25, -0.2) is 4.37 Å². The Morgan fingerprint density at radius 1 is 1.21 bits per heavy atom. The largest absolute Gasteiger partial charge is 0.278 e. The summed E-state index contributed by atoms with van der Waals surface area (Å²) < 4.78 is 4.08. The molecule has 0 fully saturated rings. The molecule has 4 heteroatoms. The van der Waals surface area contributed by atoms with Crippen molar-refractivity contribution in [3.05, 3.63) is 36.7 Å². The molecule has 3 aromatic rings. The van der Waals surface area contributed by atoms with E-state index >= 15 is 0 Å². The molecule has 68 valence electrons. The van der Waals surface area contributed by atoms with E-state index < -0.39 is 0 Å². The van der Waals surface area contributed by atoms with Gasteiger partial charge in [0.2, 0.25) is 0 Å². The number of aromatic amines is 1. The summed E-state index contributed by atoms with van der Waals surface area (Å²) in [5.74, 6) is 0. The van der Waals surface area contributed by atoms with Crippen LogP contribution >= 0.6 is 11.5 Å². The minimum atomic E-state index is 1.07. The monoisotopic (exact) mass is 201 g/mol. The topological polar surface area (TPSA) is 41.6 Å². The van der Waals surface area contributed by atoms with Gasteiger partial charge in [0.15, 0.2) is 0 Å². The molecule has 14 heavy (non-hydrogen) atoms. The van der Waals surface area contributed by atoms with E-state index in [1.54, 1.807) is 0 Å². The van der Waals surface area contributed by atoms with Gasteiger partial charge < -0.3 is 0 Å². The van der Waals surface area contributed by atoms with Crippen LogP contribution in [-0.2, 0) is 0 Å². The van der Waals surface area contributed by atoms with Crippen molar-refractivity contribution in [1.82, 2.24) is 14.6 Å². The average molecular weight is 201 g/mol. The normalized spacial score (nSPS) is 10.9. The highest BCUT2D eigenvalue weighted by Gasteiger charge is 2.01. The number of hydrogen-bond donors (Lipinski definition) is 1. The molecule has 0 spiro atoms. The third-order valence-corrected chi connectivity index (χ3v) is 2.96. The zero-order valence-corrected chi connectivity index (χ0v) is 8.08. The van der Waals surface area contributed by atoms with Crippen LogP contribution in [0.2, 0.25) is 0 Å². The Labute approximate surface area is 84.6 Å². The summed E-state index contributed by atoms with van der Waals surface area (Å²) in [4.78, 5) is 1.18. The predicted octanol–water partition coefficient (Wildman–Crippen LogP) is 2.69. The Hall–Kier alpha value is -1.68. The lowest BCUT2D eigenvalue weighted by molar-refractivity contribution is 1.12. The van der Waals surface area contributed by atoms with Gasteiger partial charge in [-0.2, -0.15) is 5.10 Å². The number of fused-ring (bicyclic) bond motifs is 1. The third-order valence-electron chi connectivity index (χ3n) is 2.16. The second kappa shape index (κ2) is 2.92. The summed E-state index contributed by atoms with van der Waals surface area (Å²) in [5, 5.41) is 8.08. The van der Waals surface area contributed by atoms with E-state index in [4.69, 9.17) is 0 Å². The molecule has 1 aromatic carbocycles. The maximum absolute atomic E-state index is 4.08. The molecule has 0 unspecified atom stereocenters. The zero-order valence-electron chi connectivity index (χ0n) is 7.27. The number of H-pyrrole nitrogens is 1. The van der Waals surface area contributed by atoms with Crippen LogP contribution in [0.5, 0.6) is 0 Å². The number of benzene rings is 1. The molecule has 0 saturated carbocycles. The zero-order chi connectivity index (χ0) is 9.38. The standard InChI is InChI=1S/C10H7N3S/c1-2-8-6-11-13-9(8)5-7(1)10-3-4-12-14-10/h1-6H,(H,11,13). The van der Waals surface area contributed by atoms with Crippen molar-refractivity contribution in [3.8, 4) is 10.4 Å². The Morgan fingerprint density at radius 3 is 3.07 bits per heavy atom. The lowest BCUT2D eigenvalue weighted by Crippen LogP contribution is -1.73. The van der Waals surface area contributed by atoms with Gasteiger partial charge in [-0.3, -0.25) is 5.10 Å². The van der Waals surface area contributed by atoms with Crippen molar-refractivity contribution in [3.63, 3.8) is 0 Å². The van der Waals surface area contributed by atoms with Crippen molar-refractivity contribution >= 4 is 22.4 Å². The van der Waals surface area contributed by atoms with Crippen LogP contribution in [-0.4, -0.2) is 14.6 Å². The molecule has 2 heterocycles. The van der Waals surface area contributed by atoms with E-state index in [9.17, 15) is 0 Å². The van der Waals surface area contributed by atoms with Crippen molar-refractivity contribution in [2.24, 2.45) is 0 Å². The van der Waals surface area contributed by atoms with Gasteiger partial charge >= 0.3 is 0 Å². The third kappa shape index (κ3) is 1.12. The maximum atomic E-state index is 4.08. The predicted molar refractivity (Wildman–Crippen MR) is 57.2 cm³/mol. The molecule has 1 N–H and O–H groups in total. The molecular formula is C10H7N3S. The van der Waals surface area contributed by atoms with Crippen LogP contribution in [0.1, 0.15) is 0 Å². The second-order valence-electron chi connectivity index (χ2n) is 3.05. The summed E-state index contributed by atoms with van der Waals surface area (Å²) in [6.45, 7) is 0. The first-order chi connectivity index (χ1) is 6.93. The molecule has 3 rings (SSSR count). The highest BCUT2D eigenvalue weighted by atomic mass is 32.1. The fraction of sp³-hybridized carbons (Fsp3) is 0. The van der Waals surface area contributed by atoms with Crippen LogP contribution in [0.3, 0.4) is 0 Å². The number of aromatic nitrogens is 3. The first-order valence-corrected chi connectivity index (χ1v) is 5.05. The smallest absolute Gasteiger partial charge is 0.0656 e. The number of nitrogens with zero attached hydrogens (tertiary/aromatic N) is 2. The molecule has 0 aliphatic carbocycles. The van der Waals surface area contributed by atoms with Crippen LogP contribution < -0.4 is 0 Å². The van der Waals surface area contributed by atoms with E-state index in [1.165, 1.54) is 22.0 Å². The van der Waals surface area contributed by atoms with Crippen molar-refractivity contribution in [1.29, 1.82) is 0 Å². The Kier molecular flexibility index (Phi) is 1.61. The highest BCUT2D eigenvalue weighted by molar-refractivity contribution is 7.09. The first kappa shape index (κ1) is 7.70. The van der Waals surface area contributed by atoms with E-state index in [-0.39, 0.29) is 0 Å². The van der Waals surface area contributed by atoms with Gasteiger partial charge in [-0.05, 0) is 29.2 Å². The fourth-order valence-corrected chi connectivity index (χ4v) is 2.04. The molecule has 0 radical (unpaired) electrons. The van der Waals surface area contributed by atoms with E-state index in [0.29, 0.717) is 0 Å². The van der Waals surface area contributed by atoms with E-state index in [2.05, 4.69) is 32.8 Å². The number of rotatable bonds is 1. The Morgan fingerprint density at radius 2 is 2.21 bits per heavy atom. The van der Waals surface area contributed by atoms with Gasteiger partial charge in [0.25, 0.3) is 0 Å². The lowest BCUT2D eigenvalue weighted by Gasteiger charge is -1.95. The average Bonchev–Trinajstić information content (AvgIpc) is 2.88. The van der Waals surface area contributed by atoms with E-state index in [0.717, 1.165) is 10.9 Å². The Balaban J connectivity index is 2.23. The first-order valence-electron chi connectivity index (χ1n) is 4.28. The number of hydrogen-bond acceptors (Lipinski definition) is 3. The molecular weight excluding hydrogens is 194 g/mol. The van der Waals surface area contributed by atoms with Gasteiger partial charge in [-0.15, -0.1) is 0 Å². The fourth-order valence-electron chi connectivity index (χ4n) is 1.46. The van der Waals surface area contributed by atoms with Crippen molar-refractivity contribution in [2.75, 3.05) is 0 Å². The molecule has 0 amide bonds. The minimum Gasteiger partial charge on any atom is -0.278 e. The van der Waals surface area contributed by atoms with Crippen LogP contribution in [0.25, 0.3) is 21.3 Å². The SMILES string of the molecule is c1cc(-c2ccc3cn[nH]c3c2)sn1. The molecule has 0 aliphatic heterocycles. The molecule has 0 saturated heterocycles. The molecule has 0 bridgehead atoms. The van der Waals surface area contributed by atoms with Gasteiger partial charge in [0.1, 0.15) is 0 Å². The summed E-state index contributed by atoms with van der Waals surface area (Å²) in [6, 6.07) is 8.26. The summed E-state index contributed by atoms with van der Waals surface area (Å²) in [6.07, 6.45) is 3.64. The molecule has 0 aliphatic rings. The maximum Gasteiger partial charge on any atom is 0.0656 e. The van der Waals surface area contributed by atoms with E-state index in [1.807, 2.05) is 18.5 Å². The quantitative estimate of drug-likeness (QED) is 0.657. The van der Waals surface area contributed by atoms with Gasteiger partial charge in [-0.1, -0.05) is 12.1 Å². The summed E-state index contributed by atoms with van der Waals surface area (Å²) in [7, 11) is 0. The minimum absolute atomic E-state index is 1.07. The van der Waals surface area contributed by atoms with Gasteiger partial charge in [0, 0.05) is 11.6 Å². The van der Waals surface area contributed by atoms with Crippen LogP contribution in [0, 0.1) is 0 Å². The Bertz CT molecular complexity index is 554. The summed E-state index contributed by atoms with van der Waals surface area (Å²) >= 11 is 1.50. The highest BCUT2D eigenvalue weighted by Crippen LogP contribution is 2.25. The lowest BCUT2D eigenvalue weighted by atomic mass is 10.1.